The number of rotatable bonds is 5. The molecule has 0 saturated carbocycles. The Morgan fingerprint density at radius 2 is 1.81 bits per heavy atom. The molecule has 0 radical (unpaired) electrons. The van der Waals surface area contributed by atoms with Gasteiger partial charge in [0.25, 0.3) is 5.91 Å². The lowest BCUT2D eigenvalue weighted by atomic mass is 10.2. The third-order valence-corrected chi connectivity index (χ3v) is 4.97. The van der Waals surface area contributed by atoms with Gasteiger partial charge in [-0.25, -0.2) is 0 Å². The molecule has 1 aliphatic heterocycles. The van der Waals surface area contributed by atoms with Gasteiger partial charge >= 0.3 is 0 Å². The van der Waals surface area contributed by atoms with Crippen molar-refractivity contribution in [3.63, 3.8) is 0 Å². The van der Waals surface area contributed by atoms with Gasteiger partial charge in [0.05, 0.1) is 6.61 Å². The molecule has 1 fully saturated rings. The summed E-state index contributed by atoms with van der Waals surface area (Å²) in [7, 11) is 2.09. The Bertz CT molecular complexity index is 774. The van der Waals surface area contributed by atoms with Crippen LogP contribution in [0.3, 0.4) is 0 Å². The maximum atomic E-state index is 12.5. The Hall–Kier alpha value is -2.44. The van der Waals surface area contributed by atoms with Crippen molar-refractivity contribution in [2.75, 3.05) is 39.8 Å². The highest BCUT2D eigenvalue weighted by Crippen LogP contribution is 2.14. The van der Waals surface area contributed by atoms with Gasteiger partial charge in [0, 0.05) is 38.2 Å². The summed E-state index contributed by atoms with van der Waals surface area (Å²) in [6.07, 6.45) is 0.824. The summed E-state index contributed by atoms with van der Waals surface area (Å²) in [5.41, 5.74) is 1.77. The van der Waals surface area contributed by atoms with E-state index < -0.39 is 0 Å². The highest BCUT2D eigenvalue weighted by Gasteiger charge is 2.18. The molecule has 5 nitrogen and oxygen atoms in total. The highest BCUT2D eigenvalue weighted by atomic mass is 32.1. The highest BCUT2D eigenvalue weighted by molar-refractivity contribution is 7.80. The van der Waals surface area contributed by atoms with Crippen molar-refractivity contribution in [1.82, 2.24) is 15.1 Å². The first-order valence-corrected chi connectivity index (χ1v) is 9.58. The SMILES string of the molecule is CN1CCN(C(=S)NC(=O)c2cccc(OCCc3ccccc3)c2)CC1. The van der Waals surface area contributed by atoms with Crippen molar-refractivity contribution in [3.05, 3.63) is 65.7 Å². The number of piperazine rings is 1. The average Bonchev–Trinajstić information content (AvgIpc) is 2.69. The summed E-state index contributed by atoms with van der Waals surface area (Å²) < 4.78 is 5.81. The molecule has 1 amide bonds. The van der Waals surface area contributed by atoms with Crippen molar-refractivity contribution in [1.29, 1.82) is 0 Å². The molecule has 0 aromatic heterocycles. The van der Waals surface area contributed by atoms with E-state index in [-0.39, 0.29) is 5.91 Å². The van der Waals surface area contributed by atoms with Crippen LogP contribution in [0, 0.1) is 0 Å². The zero-order valence-corrected chi connectivity index (χ0v) is 16.4. The monoisotopic (exact) mass is 383 g/mol. The van der Waals surface area contributed by atoms with Gasteiger partial charge in [-0.05, 0) is 43.0 Å². The van der Waals surface area contributed by atoms with Gasteiger partial charge in [-0.3, -0.25) is 10.1 Å². The van der Waals surface area contributed by atoms with Crippen molar-refractivity contribution in [3.8, 4) is 5.75 Å². The predicted molar refractivity (Wildman–Crippen MR) is 111 cm³/mol. The first-order chi connectivity index (χ1) is 13.1. The molecule has 6 heteroatoms. The minimum Gasteiger partial charge on any atom is -0.493 e. The van der Waals surface area contributed by atoms with E-state index >= 15 is 0 Å². The quantitative estimate of drug-likeness (QED) is 0.804. The number of hydrogen-bond acceptors (Lipinski definition) is 4. The molecule has 0 aliphatic carbocycles. The Kier molecular flexibility index (Phi) is 6.79. The normalized spacial score (nSPS) is 14.6. The van der Waals surface area contributed by atoms with E-state index in [1.165, 1.54) is 5.56 Å². The second-order valence-corrected chi connectivity index (χ2v) is 7.05. The van der Waals surface area contributed by atoms with Crippen molar-refractivity contribution in [2.24, 2.45) is 0 Å². The largest absolute Gasteiger partial charge is 0.493 e. The van der Waals surface area contributed by atoms with Crippen LogP contribution in [-0.4, -0.2) is 60.7 Å². The fraction of sp³-hybridized carbons (Fsp3) is 0.333. The van der Waals surface area contributed by atoms with Crippen LogP contribution in [0.5, 0.6) is 5.75 Å². The number of nitrogens with one attached hydrogen (secondary N) is 1. The van der Waals surface area contributed by atoms with Crippen LogP contribution in [0.4, 0.5) is 0 Å². The molecule has 0 atom stereocenters. The Labute approximate surface area is 165 Å². The van der Waals surface area contributed by atoms with Gasteiger partial charge in [0.2, 0.25) is 0 Å². The summed E-state index contributed by atoms with van der Waals surface area (Å²) in [6, 6.07) is 17.4. The maximum absolute atomic E-state index is 12.5. The maximum Gasteiger partial charge on any atom is 0.257 e. The number of nitrogens with zero attached hydrogens (tertiary/aromatic N) is 2. The van der Waals surface area contributed by atoms with E-state index in [4.69, 9.17) is 17.0 Å². The number of benzene rings is 2. The summed E-state index contributed by atoms with van der Waals surface area (Å²) in [4.78, 5) is 16.8. The number of thiocarbonyl (C=S) groups is 1. The summed E-state index contributed by atoms with van der Waals surface area (Å²) in [6.45, 7) is 4.12. The number of carbonyl (C=O) groups excluding carboxylic acids is 1. The third-order valence-electron chi connectivity index (χ3n) is 4.61. The molecule has 0 unspecified atom stereocenters. The Morgan fingerprint density at radius 3 is 2.56 bits per heavy atom. The van der Waals surface area contributed by atoms with Crippen molar-refractivity contribution < 1.29 is 9.53 Å². The minimum atomic E-state index is -0.201. The van der Waals surface area contributed by atoms with Crippen LogP contribution in [0.25, 0.3) is 0 Å². The lowest BCUT2D eigenvalue weighted by Gasteiger charge is -2.33. The molecule has 2 aromatic rings. The fourth-order valence-corrected chi connectivity index (χ4v) is 3.19. The smallest absolute Gasteiger partial charge is 0.257 e. The zero-order chi connectivity index (χ0) is 19.1. The molecule has 2 aromatic carbocycles. The van der Waals surface area contributed by atoms with Crippen LogP contribution in [-0.2, 0) is 6.42 Å². The van der Waals surface area contributed by atoms with Gasteiger partial charge in [-0.15, -0.1) is 0 Å². The first-order valence-electron chi connectivity index (χ1n) is 9.17. The third kappa shape index (κ3) is 5.77. The molecular formula is C21H25N3O2S. The lowest BCUT2D eigenvalue weighted by molar-refractivity contribution is 0.0970. The van der Waals surface area contributed by atoms with Gasteiger partial charge in [0.15, 0.2) is 5.11 Å². The van der Waals surface area contributed by atoms with E-state index in [0.717, 1.165) is 32.6 Å². The van der Waals surface area contributed by atoms with E-state index in [1.807, 2.05) is 35.2 Å². The van der Waals surface area contributed by atoms with Gasteiger partial charge in [-0.1, -0.05) is 36.4 Å². The molecular weight excluding hydrogens is 358 g/mol. The molecule has 1 aliphatic rings. The molecule has 27 heavy (non-hydrogen) atoms. The van der Waals surface area contributed by atoms with Crippen LogP contribution in [0.15, 0.2) is 54.6 Å². The lowest BCUT2D eigenvalue weighted by Crippen LogP contribution is -2.51. The average molecular weight is 384 g/mol. The van der Waals surface area contributed by atoms with Gasteiger partial charge in [-0.2, -0.15) is 0 Å². The molecule has 1 saturated heterocycles. The number of carbonyl (C=O) groups is 1. The van der Waals surface area contributed by atoms with Gasteiger partial charge < -0.3 is 14.5 Å². The van der Waals surface area contributed by atoms with Crippen LogP contribution >= 0.6 is 12.2 Å². The first kappa shape index (κ1) is 19.3. The standard InChI is InChI=1S/C21H25N3O2S/c1-23-11-13-24(14-12-23)21(27)22-20(25)18-8-5-9-19(16-18)26-15-10-17-6-3-2-4-7-17/h2-9,16H,10-15H2,1H3,(H,22,25,27). The minimum absolute atomic E-state index is 0.201. The summed E-state index contributed by atoms with van der Waals surface area (Å²) in [5.74, 6) is 0.483. The molecule has 3 rings (SSSR count). The van der Waals surface area contributed by atoms with Crippen LogP contribution < -0.4 is 10.1 Å². The second kappa shape index (κ2) is 9.48. The molecule has 0 spiro atoms. The number of amides is 1. The topological polar surface area (TPSA) is 44.8 Å². The Balaban J connectivity index is 1.51. The molecule has 1 heterocycles. The van der Waals surface area contributed by atoms with Crippen LogP contribution in [0.1, 0.15) is 15.9 Å². The van der Waals surface area contributed by atoms with E-state index in [9.17, 15) is 4.79 Å². The molecule has 1 N–H and O–H groups in total. The number of ether oxygens (including phenoxy) is 1. The van der Waals surface area contributed by atoms with Crippen molar-refractivity contribution in [2.45, 2.75) is 6.42 Å². The predicted octanol–water partition coefficient (Wildman–Crippen LogP) is 2.57. The van der Waals surface area contributed by atoms with Gasteiger partial charge in [0.1, 0.15) is 5.75 Å². The molecule has 142 valence electrons. The fourth-order valence-electron chi connectivity index (χ4n) is 2.92. The summed E-state index contributed by atoms with van der Waals surface area (Å²) in [5, 5.41) is 3.32. The van der Waals surface area contributed by atoms with Crippen LogP contribution in [0.2, 0.25) is 0 Å². The van der Waals surface area contributed by atoms with E-state index in [2.05, 4.69) is 29.4 Å². The Morgan fingerprint density at radius 1 is 1.07 bits per heavy atom. The second-order valence-electron chi connectivity index (χ2n) is 6.66. The number of hydrogen-bond donors (Lipinski definition) is 1. The van der Waals surface area contributed by atoms with E-state index in [1.54, 1.807) is 12.1 Å². The number of likely N-dealkylation sites (N-methyl/N-ethyl adjacent to an activating group) is 1. The molecule has 0 bridgehead atoms. The zero-order valence-electron chi connectivity index (χ0n) is 15.6. The van der Waals surface area contributed by atoms with E-state index in [0.29, 0.717) is 23.0 Å². The summed E-state index contributed by atoms with van der Waals surface area (Å²) >= 11 is 5.39. The van der Waals surface area contributed by atoms with Crippen molar-refractivity contribution >= 4 is 23.2 Å².